The zero-order chi connectivity index (χ0) is 11.7. The summed E-state index contributed by atoms with van der Waals surface area (Å²) in [5.74, 6) is 0.117. The van der Waals surface area contributed by atoms with Gasteiger partial charge in [0.2, 0.25) is 5.91 Å². The van der Waals surface area contributed by atoms with Crippen molar-refractivity contribution in [1.29, 1.82) is 0 Å². The van der Waals surface area contributed by atoms with Crippen molar-refractivity contribution in [3.05, 3.63) is 0 Å². The van der Waals surface area contributed by atoms with Gasteiger partial charge in [-0.1, -0.05) is 0 Å². The monoisotopic (exact) mass is 225 g/mol. The molecule has 1 saturated carbocycles. The summed E-state index contributed by atoms with van der Waals surface area (Å²) in [6.45, 7) is 3.69. The van der Waals surface area contributed by atoms with Gasteiger partial charge in [-0.25, -0.2) is 0 Å². The summed E-state index contributed by atoms with van der Waals surface area (Å²) in [7, 11) is 2.17. The standard InChI is InChI=1S/C12H23N3O/c1-9(13)12(16)15-7-3-4-11(15)8-14(2)10-5-6-10/h9-11H,3-8,13H2,1-2H3/t9-,11-/m0/s1. The van der Waals surface area contributed by atoms with Crippen LogP contribution in [0.5, 0.6) is 0 Å². The highest BCUT2D eigenvalue weighted by Gasteiger charge is 2.34. The van der Waals surface area contributed by atoms with Crippen molar-refractivity contribution in [3.63, 3.8) is 0 Å². The van der Waals surface area contributed by atoms with Crippen molar-refractivity contribution in [2.24, 2.45) is 5.73 Å². The maximum atomic E-state index is 11.9. The number of likely N-dealkylation sites (N-methyl/N-ethyl adjacent to an activating group) is 1. The van der Waals surface area contributed by atoms with Crippen LogP contribution in [0, 0.1) is 0 Å². The lowest BCUT2D eigenvalue weighted by Gasteiger charge is -2.29. The average molecular weight is 225 g/mol. The fourth-order valence-corrected chi connectivity index (χ4v) is 2.57. The molecule has 92 valence electrons. The molecule has 0 radical (unpaired) electrons. The molecule has 1 aliphatic heterocycles. The fraction of sp³-hybridized carbons (Fsp3) is 0.917. The second-order valence-electron chi connectivity index (χ2n) is 5.29. The number of amides is 1. The molecular weight excluding hydrogens is 202 g/mol. The van der Waals surface area contributed by atoms with Gasteiger partial charge >= 0.3 is 0 Å². The highest BCUT2D eigenvalue weighted by molar-refractivity contribution is 5.81. The third-order valence-electron chi connectivity index (χ3n) is 3.72. The van der Waals surface area contributed by atoms with Crippen LogP contribution in [0.4, 0.5) is 0 Å². The van der Waals surface area contributed by atoms with Crippen LogP contribution >= 0.6 is 0 Å². The Morgan fingerprint density at radius 3 is 2.75 bits per heavy atom. The van der Waals surface area contributed by atoms with E-state index >= 15 is 0 Å². The molecule has 1 heterocycles. The molecule has 1 saturated heterocycles. The van der Waals surface area contributed by atoms with Gasteiger partial charge in [0.05, 0.1) is 6.04 Å². The lowest BCUT2D eigenvalue weighted by Crippen LogP contribution is -2.48. The van der Waals surface area contributed by atoms with Crippen LogP contribution in [0.2, 0.25) is 0 Å². The van der Waals surface area contributed by atoms with E-state index < -0.39 is 0 Å². The largest absolute Gasteiger partial charge is 0.337 e. The van der Waals surface area contributed by atoms with E-state index in [1.54, 1.807) is 6.92 Å². The topological polar surface area (TPSA) is 49.6 Å². The zero-order valence-corrected chi connectivity index (χ0v) is 10.4. The van der Waals surface area contributed by atoms with Crippen molar-refractivity contribution < 1.29 is 4.79 Å². The van der Waals surface area contributed by atoms with Crippen molar-refractivity contribution in [1.82, 2.24) is 9.80 Å². The Balaban J connectivity index is 1.89. The number of nitrogens with zero attached hydrogens (tertiary/aromatic N) is 2. The fourth-order valence-electron chi connectivity index (χ4n) is 2.57. The number of hydrogen-bond donors (Lipinski definition) is 1. The van der Waals surface area contributed by atoms with Gasteiger partial charge in [0.1, 0.15) is 0 Å². The minimum absolute atomic E-state index is 0.117. The Morgan fingerprint density at radius 2 is 2.19 bits per heavy atom. The Bertz CT molecular complexity index is 263. The quantitative estimate of drug-likeness (QED) is 0.754. The third kappa shape index (κ3) is 2.55. The average Bonchev–Trinajstić information content (AvgIpc) is 2.99. The molecule has 4 heteroatoms. The van der Waals surface area contributed by atoms with Gasteiger partial charge in [0, 0.05) is 25.2 Å². The molecule has 2 rings (SSSR count). The van der Waals surface area contributed by atoms with E-state index in [9.17, 15) is 4.79 Å². The summed E-state index contributed by atoms with van der Waals surface area (Å²) in [5.41, 5.74) is 5.68. The Morgan fingerprint density at radius 1 is 1.50 bits per heavy atom. The predicted octanol–water partition coefficient (Wildman–Crippen LogP) is 0.419. The van der Waals surface area contributed by atoms with Crippen LogP contribution in [0.25, 0.3) is 0 Å². The van der Waals surface area contributed by atoms with Crippen LogP contribution in [-0.2, 0) is 4.79 Å². The summed E-state index contributed by atoms with van der Waals surface area (Å²) < 4.78 is 0. The van der Waals surface area contributed by atoms with Crippen LogP contribution < -0.4 is 5.73 Å². The van der Waals surface area contributed by atoms with Crippen molar-refractivity contribution in [2.75, 3.05) is 20.1 Å². The van der Waals surface area contributed by atoms with Crippen molar-refractivity contribution >= 4 is 5.91 Å². The minimum atomic E-state index is -0.355. The summed E-state index contributed by atoms with van der Waals surface area (Å²) >= 11 is 0. The van der Waals surface area contributed by atoms with E-state index in [1.807, 2.05) is 4.90 Å². The van der Waals surface area contributed by atoms with Gasteiger partial charge in [-0.2, -0.15) is 0 Å². The summed E-state index contributed by atoms with van der Waals surface area (Å²) in [6.07, 6.45) is 4.91. The highest BCUT2D eigenvalue weighted by atomic mass is 16.2. The Labute approximate surface area is 97.8 Å². The minimum Gasteiger partial charge on any atom is -0.337 e. The first kappa shape index (κ1) is 11.9. The van der Waals surface area contributed by atoms with E-state index in [4.69, 9.17) is 5.73 Å². The molecule has 2 fully saturated rings. The highest BCUT2D eigenvalue weighted by Crippen LogP contribution is 2.27. The van der Waals surface area contributed by atoms with Crippen LogP contribution in [-0.4, -0.2) is 54.0 Å². The molecule has 2 atom stereocenters. The first-order chi connectivity index (χ1) is 7.59. The normalized spacial score (nSPS) is 27.5. The molecule has 0 unspecified atom stereocenters. The first-order valence-corrected chi connectivity index (χ1v) is 6.36. The number of hydrogen-bond acceptors (Lipinski definition) is 3. The predicted molar refractivity (Wildman–Crippen MR) is 64.0 cm³/mol. The van der Waals surface area contributed by atoms with Gasteiger partial charge in [-0.05, 0) is 39.7 Å². The Hall–Kier alpha value is -0.610. The van der Waals surface area contributed by atoms with Gasteiger partial charge < -0.3 is 15.5 Å². The van der Waals surface area contributed by atoms with Crippen LogP contribution in [0.1, 0.15) is 32.6 Å². The van der Waals surface area contributed by atoms with Crippen LogP contribution in [0.3, 0.4) is 0 Å². The lowest BCUT2D eigenvalue weighted by molar-refractivity contribution is -0.133. The molecule has 1 aliphatic carbocycles. The zero-order valence-electron chi connectivity index (χ0n) is 10.4. The van der Waals surface area contributed by atoms with E-state index in [1.165, 1.54) is 12.8 Å². The second kappa shape index (κ2) is 4.72. The molecule has 0 aromatic rings. The number of likely N-dealkylation sites (tertiary alicyclic amines) is 1. The molecule has 16 heavy (non-hydrogen) atoms. The van der Waals surface area contributed by atoms with Gasteiger partial charge in [-0.15, -0.1) is 0 Å². The maximum absolute atomic E-state index is 11.9. The van der Waals surface area contributed by atoms with Gasteiger partial charge in [-0.3, -0.25) is 4.79 Å². The molecule has 0 spiro atoms. The van der Waals surface area contributed by atoms with E-state index in [-0.39, 0.29) is 11.9 Å². The number of nitrogens with two attached hydrogens (primary N) is 1. The number of rotatable bonds is 4. The smallest absolute Gasteiger partial charge is 0.239 e. The van der Waals surface area contributed by atoms with E-state index in [2.05, 4.69) is 11.9 Å². The molecule has 1 amide bonds. The Kier molecular flexibility index (Phi) is 3.50. The molecule has 0 bridgehead atoms. The molecule has 2 N–H and O–H groups in total. The molecule has 4 nitrogen and oxygen atoms in total. The maximum Gasteiger partial charge on any atom is 0.239 e. The first-order valence-electron chi connectivity index (χ1n) is 6.36. The van der Waals surface area contributed by atoms with Gasteiger partial charge in [0.25, 0.3) is 0 Å². The summed E-state index contributed by atoms with van der Waals surface area (Å²) in [4.78, 5) is 16.3. The molecular formula is C12H23N3O. The number of carbonyl (C=O) groups excluding carboxylic acids is 1. The van der Waals surface area contributed by atoms with Gasteiger partial charge in [0.15, 0.2) is 0 Å². The second-order valence-corrected chi connectivity index (χ2v) is 5.29. The molecule has 0 aromatic heterocycles. The lowest BCUT2D eigenvalue weighted by atomic mass is 10.2. The van der Waals surface area contributed by atoms with Crippen molar-refractivity contribution in [3.8, 4) is 0 Å². The van der Waals surface area contributed by atoms with E-state index in [0.717, 1.165) is 32.0 Å². The molecule has 2 aliphatic rings. The van der Waals surface area contributed by atoms with E-state index in [0.29, 0.717) is 6.04 Å². The van der Waals surface area contributed by atoms with Crippen molar-refractivity contribution in [2.45, 2.75) is 50.7 Å². The molecule has 0 aromatic carbocycles. The van der Waals surface area contributed by atoms with Crippen LogP contribution in [0.15, 0.2) is 0 Å². The summed E-state index contributed by atoms with van der Waals surface area (Å²) in [5, 5.41) is 0. The third-order valence-corrected chi connectivity index (χ3v) is 3.72. The SMILES string of the molecule is C[C@H](N)C(=O)N1CCC[C@H]1CN(C)C1CC1. The number of carbonyl (C=O) groups is 1. The summed E-state index contributed by atoms with van der Waals surface area (Å²) in [6, 6.07) is 0.809.